The Morgan fingerprint density at radius 3 is 2.85 bits per heavy atom. The molecule has 1 aliphatic carbocycles. The molecule has 74 valence electrons. The van der Waals surface area contributed by atoms with Crippen molar-refractivity contribution < 1.29 is 4.79 Å². The van der Waals surface area contributed by atoms with Crippen LogP contribution in [0.4, 0.5) is 0 Å². The van der Waals surface area contributed by atoms with Crippen LogP contribution in [0.25, 0.3) is 0 Å². The van der Waals surface area contributed by atoms with E-state index in [1.165, 1.54) is 19.3 Å². The van der Waals surface area contributed by atoms with E-state index in [-0.39, 0.29) is 5.91 Å². The van der Waals surface area contributed by atoms with Crippen LogP contribution < -0.4 is 5.32 Å². The highest BCUT2D eigenvalue weighted by Crippen LogP contribution is 2.30. The third-order valence-electron chi connectivity index (χ3n) is 2.90. The number of nitrogens with one attached hydrogen (secondary N) is 1. The van der Waals surface area contributed by atoms with Gasteiger partial charge in [0.2, 0.25) is 5.91 Å². The molecule has 0 spiro atoms. The third-order valence-corrected chi connectivity index (χ3v) is 2.90. The Morgan fingerprint density at radius 2 is 2.31 bits per heavy atom. The zero-order chi connectivity index (χ0) is 9.68. The second-order valence-corrected chi connectivity index (χ2v) is 3.91. The highest BCUT2D eigenvalue weighted by atomic mass is 16.1. The van der Waals surface area contributed by atoms with E-state index >= 15 is 0 Å². The lowest BCUT2D eigenvalue weighted by molar-refractivity contribution is -0.116. The first-order chi connectivity index (χ1) is 6.24. The van der Waals surface area contributed by atoms with Crippen molar-refractivity contribution in [2.75, 3.05) is 6.54 Å². The van der Waals surface area contributed by atoms with Gasteiger partial charge >= 0.3 is 0 Å². The van der Waals surface area contributed by atoms with Crippen LogP contribution in [-0.2, 0) is 4.79 Å². The summed E-state index contributed by atoms with van der Waals surface area (Å²) >= 11 is 0. The van der Waals surface area contributed by atoms with Gasteiger partial charge in [0.1, 0.15) is 0 Å². The summed E-state index contributed by atoms with van der Waals surface area (Å²) in [5.41, 5.74) is 0. The Labute approximate surface area is 80.4 Å². The van der Waals surface area contributed by atoms with Gasteiger partial charge in [-0.05, 0) is 31.3 Å². The van der Waals surface area contributed by atoms with Crippen LogP contribution in [-0.4, -0.2) is 12.5 Å². The van der Waals surface area contributed by atoms with E-state index in [4.69, 9.17) is 0 Å². The van der Waals surface area contributed by atoms with E-state index in [1.54, 1.807) is 12.2 Å². The minimum Gasteiger partial charge on any atom is -0.352 e. The predicted octanol–water partition coefficient (Wildman–Crippen LogP) is 2.11. The Morgan fingerprint density at radius 1 is 1.54 bits per heavy atom. The fourth-order valence-electron chi connectivity index (χ4n) is 1.97. The van der Waals surface area contributed by atoms with Crippen molar-refractivity contribution in [1.29, 1.82) is 0 Å². The van der Waals surface area contributed by atoms with Crippen LogP contribution in [0.1, 0.15) is 33.1 Å². The smallest absolute Gasteiger partial charge is 0.243 e. The number of amides is 1. The van der Waals surface area contributed by atoms with Gasteiger partial charge in [-0.3, -0.25) is 4.79 Å². The Kier molecular flexibility index (Phi) is 4.00. The van der Waals surface area contributed by atoms with Gasteiger partial charge in [0.25, 0.3) is 0 Å². The standard InChI is InChI=1S/C11H19NO/c1-3-5-11(13)12-8-10-7-4-6-9(10)2/h3,5,9-10H,4,6-8H2,1-2H3,(H,12,13)/b5-3+. The van der Waals surface area contributed by atoms with Crippen LogP contribution >= 0.6 is 0 Å². The van der Waals surface area contributed by atoms with Gasteiger partial charge in [0, 0.05) is 6.54 Å². The highest BCUT2D eigenvalue weighted by molar-refractivity contribution is 5.87. The molecule has 1 aliphatic rings. The van der Waals surface area contributed by atoms with Gasteiger partial charge in [-0.15, -0.1) is 0 Å². The molecule has 0 aliphatic heterocycles. The quantitative estimate of drug-likeness (QED) is 0.664. The van der Waals surface area contributed by atoms with Gasteiger partial charge in [-0.1, -0.05) is 25.8 Å². The molecule has 0 aromatic carbocycles. The first-order valence-electron chi connectivity index (χ1n) is 5.14. The summed E-state index contributed by atoms with van der Waals surface area (Å²) in [7, 11) is 0. The SMILES string of the molecule is C/C=C/C(=O)NCC1CCCC1C. The first kappa shape index (κ1) is 10.3. The van der Waals surface area contributed by atoms with E-state index in [9.17, 15) is 4.79 Å². The Bertz CT molecular complexity index is 198. The van der Waals surface area contributed by atoms with Crippen LogP contribution in [0.2, 0.25) is 0 Å². The molecule has 2 atom stereocenters. The lowest BCUT2D eigenvalue weighted by Crippen LogP contribution is -2.28. The number of hydrogen-bond donors (Lipinski definition) is 1. The molecule has 2 nitrogen and oxygen atoms in total. The molecule has 1 rings (SSSR count). The summed E-state index contributed by atoms with van der Waals surface area (Å²) in [4.78, 5) is 11.1. The largest absolute Gasteiger partial charge is 0.352 e. The molecular weight excluding hydrogens is 162 g/mol. The molecule has 13 heavy (non-hydrogen) atoms. The molecular formula is C11H19NO. The van der Waals surface area contributed by atoms with Crippen molar-refractivity contribution in [2.24, 2.45) is 11.8 Å². The first-order valence-corrected chi connectivity index (χ1v) is 5.14. The molecule has 0 aromatic rings. The van der Waals surface area contributed by atoms with Crippen LogP contribution in [0.5, 0.6) is 0 Å². The van der Waals surface area contributed by atoms with Crippen molar-refractivity contribution >= 4 is 5.91 Å². The molecule has 0 radical (unpaired) electrons. The maximum absolute atomic E-state index is 11.1. The average molecular weight is 181 g/mol. The second kappa shape index (κ2) is 5.05. The van der Waals surface area contributed by atoms with Crippen molar-refractivity contribution in [2.45, 2.75) is 33.1 Å². The molecule has 0 saturated heterocycles. The van der Waals surface area contributed by atoms with E-state index in [0.717, 1.165) is 12.5 Å². The van der Waals surface area contributed by atoms with Gasteiger partial charge in [0.05, 0.1) is 0 Å². The summed E-state index contributed by atoms with van der Waals surface area (Å²) in [6.07, 6.45) is 7.28. The van der Waals surface area contributed by atoms with E-state index in [0.29, 0.717) is 5.92 Å². The Hall–Kier alpha value is -0.790. The summed E-state index contributed by atoms with van der Waals surface area (Å²) in [5.74, 6) is 1.53. The number of rotatable bonds is 3. The fraction of sp³-hybridized carbons (Fsp3) is 0.727. The third kappa shape index (κ3) is 3.21. The zero-order valence-electron chi connectivity index (χ0n) is 8.55. The average Bonchev–Trinajstić information content (AvgIpc) is 2.48. The van der Waals surface area contributed by atoms with Gasteiger partial charge < -0.3 is 5.32 Å². The monoisotopic (exact) mass is 181 g/mol. The molecule has 1 amide bonds. The number of allylic oxidation sites excluding steroid dienone is 1. The molecule has 1 N–H and O–H groups in total. The van der Waals surface area contributed by atoms with Crippen molar-refractivity contribution in [3.63, 3.8) is 0 Å². The normalized spacial score (nSPS) is 28.2. The summed E-state index contributed by atoms with van der Waals surface area (Å²) < 4.78 is 0. The van der Waals surface area contributed by atoms with Crippen molar-refractivity contribution in [3.8, 4) is 0 Å². The molecule has 0 aromatic heterocycles. The fourth-order valence-corrected chi connectivity index (χ4v) is 1.97. The van der Waals surface area contributed by atoms with Crippen LogP contribution in [0.3, 0.4) is 0 Å². The van der Waals surface area contributed by atoms with Crippen molar-refractivity contribution in [1.82, 2.24) is 5.32 Å². The zero-order valence-corrected chi connectivity index (χ0v) is 8.55. The number of carbonyl (C=O) groups is 1. The molecule has 1 fully saturated rings. The maximum Gasteiger partial charge on any atom is 0.243 e. The van der Waals surface area contributed by atoms with E-state index < -0.39 is 0 Å². The lowest BCUT2D eigenvalue weighted by atomic mass is 9.98. The van der Waals surface area contributed by atoms with Gasteiger partial charge in [0.15, 0.2) is 0 Å². The molecule has 2 heteroatoms. The van der Waals surface area contributed by atoms with Crippen LogP contribution in [0.15, 0.2) is 12.2 Å². The lowest BCUT2D eigenvalue weighted by Gasteiger charge is -2.14. The van der Waals surface area contributed by atoms with E-state index in [2.05, 4.69) is 12.2 Å². The minimum atomic E-state index is 0.0431. The minimum absolute atomic E-state index is 0.0431. The highest BCUT2D eigenvalue weighted by Gasteiger charge is 2.22. The molecule has 0 bridgehead atoms. The summed E-state index contributed by atoms with van der Waals surface area (Å²) in [6, 6.07) is 0. The molecule has 0 heterocycles. The van der Waals surface area contributed by atoms with Gasteiger partial charge in [-0.2, -0.15) is 0 Å². The maximum atomic E-state index is 11.1. The topological polar surface area (TPSA) is 29.1 Å². The Balaban J connectivity index is 2.22. The van der Waals surface area contributed by atoms with Gasteiger partial charge in [-0.25, -0.2) is 0 Å². The number of carbonyl (C=O) groups excluding carboxylic acids is 1. The summed E-state index contributed by atoms with van der Waals surface area (Å²) in [6.45, 7) is 4.99. The second-order valence-electron chi connectivity index (χ2n) is 3.91. The molecule has 2 unspecified atom stereocenters. The number of hydrogen-bond acceptors (Lipinski definition) is 1. The van der Waals surface area contributed by atoms with E-state index in [1.807, 2.05) is 6.92 Å². The van der Waals surface area contributed by atoms with Crippen LogP contribution in [0, 0.1) is 11.8 Å². The van der Waals surface area contributed by atoms with Crippen molar-refractivity contribution in [3.05, 3.63) is 12.2 Å². The summed E-state index contributed by atoms with van der Waals surface area (Å²) in [5, 5.41) is 2.93. The molecule has 1 saturated carbocycles. The predicted molar refractivity (Wildman–Crippen MR) is 54.3 cm³/mol.